The van der Waals surface area contributed by atoms with Crippen LogP contribution in [0.2, 0.25) is 0 Å². The summed E-state index contributed by atoms with van der Waals surface area (Å²) in [6.45, 7) is 2.11. The Balaban J connectivity index is 1.91. The predicted octanol–water partition coefficient (Wildman–Crippen LogP) is 4.01. The maximum absolute atomic E-state index is 13.3. The molecule has 4 heteroatoms. The van der Waals surface area contributed by atoms with Crippen molar-refractivity contribution >= 4 is 11.3 Å². The molecule has 0 radical (unpaired) electrons. The van der Waals surface area contributed by atoms with Crippen LogP contribution in [0.25, 0.3) is 0 Å². The minimum atomic E-state index is -0.596. The summed E-state index contributed by atoms with van der Waals surface area (Å²) >= 11 is 1.69. The quantitative estimate of drug-likeness (QED) is 0.899. The molecule has 2 heterocycles. The van der Waals surface area contributed by atoms with Gasteiger partial charge >= 0.3 is 0 Å². The smallest absolute Gasteiger partial charge is 0.136 e. The molecule has 0 saturated carbocycles. The van der Waals surface area contributed by atoms with E-state index >= 15 is 0 Å². The molecule has 2 nitrogen and oxygen atoms in total. The minimum Gasteiger partial charge on any atom is -0.484 e. The molecule has 1 N–H and O–H groups in total. The highest BCUT2D eigenvalue weighted by Gasteiger charge is 2.29. The summed E-state index contributed by atoms with van der Waals surface area (Å²) in [4.78, 5) is 2.38. The Kier molecular flexibility index (Phi) is 3.29. The molecule has 2 atom stereocenters. The number of fused-ring (bicyclic) bond motifs is 1. The van der Waals surface area contributed by atoms with E-state index in [9.17, 15) is 9.50 Å². The molecular weight excluding hydrogens is 263 g/mol. The molecule has 0 bridgehead atoms. The van der Waals surface area contributed by atoms with Gasteiger partial charge in [-0.2, -0.15) is 0 Å². The van der Waals surface area contributed by atoms with E-state index in [4.69, 9.17) is 4.74 Å². The summed E-state index contributed by atoms with van der Waals surface area (Å²) in [6.07, 6.45) is 0.726. The first kappa shape index (κ1) is 12.6. The average Bonchev–Trinajstić information content (AvgIpc) is 2.86. The Labute approximate surface area is 115 Å². The van der Waals surface area contributed by atoms with Crippen molar-refractivity contribution in [1.29, 1.82) is 0 Å². The lowest BCUT2D eigenvalue weighted by molar-refractivity contribution is 0.0671. The SMILES string of the molecule is CCc1ccc(C2C[C@@H](O)c3ccc(F)cc3O2)s1. The second-order valence-corrected chi connectivity index (χ2v) is 5.90. The highest BCUT2D eigenvalue weighted by molar-refractivity contribution is 7.12. The molecule has 0 amide bonds. The van der Waals surface area contributed by atoms with Crippen molar-refractivity contribution in [2.45, 2.75) is 32.0 Å². The van der Waals surface area contributed by atoms with Gasteiger partial charge in [-0.25, -0.2) is 4.39 Å². The fourth-order valence-corrected chi connectivity index (χ4v) is 3.34. The van der Waals surface area contributed by atoms with Crippen molar-refractivity contribution in [3.8, 4) is 5.75 Å². The van der Waals surface area contributed by atoms with E-state index in [0.29, 0.717) is 17.7 Å². The lowest BCUT2D eigenvalue weighted by Gasteiger charge is -2.29. The zero-order valence-electron chi connectivity index (χ0n) is 10.6. The van der Waals surface area contributed by atoms with Gasteiger partial charge in [0.1, 0.15) is 17.7 Å². The second-order valence-electron chi connectivity index (χ2n) is 4.70. The zero-order chi connectivity index (χ0) is 13.4. The van der Waals surface area contributed by atoms with Crippen LogP contribution in [0, 0.1) is 5.82 Å². The molecule has 1 unspecified atom stereocenters. The number of hydrogen-bond acceptors (Lipinski definition) is 3. The van der Waals surface area contributed by atoms with Gasteiger partial charge < -0.3 is 9.84 Å². The second kappa shape index (κ2) is 4.94. The summed E-state index contributed by atoms with van der Waals surface area (Å²) in [5.74, 6) is 0.113. The van der Waals surface area contributed by atoms with Crippen molar-refractivity contribution in [3.63, 3.8) is 0 Å². The first-order valence-electron chi connectivity index (χ1n) is 6.40. The number of hydrogen-bond donors (Lipinski definition) is 1. The van der Waals surface area contributed by atoms with Gasteiger partial charge in [0.2, 0.25) is 0 Å². The largest absolute Gasteiger partial charge is 0.484 e. The molecule has 100 valence electrons. The van der Waals surface area contributed by atoms with E-state index in [1.165, 1.54) is 17.0 Å². The van der Waals surface area contributed by atoms with E-state index in [-0.39, 0.29) is 11.9 Å². The van der Waals surface area contributed by atoms with E-state index in [1.54, 1.807) is 17.4 Å². The molecule has 0 saturated heterocycles. The normalized spacial score (nSPS) is 21.8. The minimum absolute atomic E-state index is 0.186. The van der Waals surface area contributed by atoms with Crippen LogP contribution < -0.4 is 4.74 Å². The van der Waals surface area contributed by atoms with Crippen LogP contribution in [0.3, 0.4) is 0 Å². The molecule has 1 aliphatic heterocycles. The standard InChI is InChI=1S/C15H15FO2S/c1-2-10-4-6-15(19-10)14-8-12(17)11-5-3-9(16)7-13(11)18-14/h3-7,12,14,17H,2,8H2,1H3/t12-,14?/m1/s1. The molecule has 19 heavy (non-hydrogen) atoms. The van der Waals surface area contributed by atoms with E-state index < -0.39 is 6.10 Å². The first-order valence-corrected chi connectivity index (χ1v) is 7.21. The highest BCUT2D eigenvalue weighted by atomic mass is 32.1. The zero-order valence-corrected chi connectivity index (χ0v) is 11.4. The molecular formula is C15H15FO2S. The maximum Gasteiger partial charge on any atom is 0.136 e. The van der Waals surface area contributed by atoms with Crippen LogP contribution in [-0.2, 0) is 6.42 Å². The van der Waals surface area contributed by atoms with Crippen LogP contribution in [0.5, 0.6) is 5.75 Å². The molecule has 0 aliphatic carbocycles. The van der Waals surface area contributed by atoms with Gasteiger partial charge in [0.25, 0.3) is 0 Å². The van der Waals surface area contributed by atoms with Gasteiger partial charge in [0.15, 0.2) is 0 Å². The molecule has 0 fully saturated rings. The van der Waals surface area contributed by atoms with Crippen molar-refractivity contribution in [3.05, 3.63) is 51.5 Å². The molecule has 1 aromatic carbocycles. The number of benzene rings is 1. The monoisotopic (exact) mass is 278 g/mol. The van der Waals surface area contributed by atoms with E-state index in [0.717, 1.165) is 11.3 Å². The predicted molar refractivity (Wildman–Crippen MR) is 73.0 cm³/mol. The number of ether oxygens (including phenoxy) is 1. The summed E-state index contributed by atoms with van der Waals surface area (Å²) < 4.78 is 19.1. The lowest BCUT2D eigenvalue weighted by atomic mass is 9.98. The average molecular weight is 278 g/mol. The van der Waals surface area contributed by atoms with Crippen molar-refractivity contribution < 1.29 is 14.2 Å². The molecule has 1 aromatic heterocycles. The highest BCUT2D eigenvalue weighted by Crippen LogP contribution is 2.42. The number of thiophene rings is 1. The number of halogens is 1. The number of aliphatic hydroxyl groups excluding tert-OH is 1. The summed E-state index contributed by atoms with van der Waals surface area (Å²) in [6, 6.07) is 8.41. The van der Waals surface area contributed by atoms with Crippen LogP contribution in [-0.4, -0.2) is 5.11 Å². The number of aryl methyl sites for hydroxylation is 1. The first-order chi connectivity index (χ1) is 9.17. The van der Waals surface area contributed by atoms with Crippen LogP contribution in [0.1, 0.15) is 40.9 Å². The topological polar surface area (TPSA) is 29.5 Å². The fourth-order valence-electron chi connectivity index (χ4n) is 2.35. The third-order valence-corrected chi connectivity index (χ3v) is 4.71. The summed E-state index contributed by atoms with van der Waals surface area (Å²) in [5.41, 5.74) is 0.671. The van der Waals surface area contributed by atoms with Crippen molar-refractivity contribution in [2.75, 3.05) is 0 Å². The van der Waals surface area contributed by atoms with Gasteiger partial charge in [-0.3, -0.25) is 0 Å². The van der Waals surface area contributed by atoms with Crippen LogP contribution >= 0.6 is 11.3 Å². The maximum atomic E-state index is 13.3. The van der Waals surface area contributed by atoms with Gasteiger partial charge in [-0.15, -0.1) is 11.3 Å². The van der Waals surface area contributed by atoms with Gasteiger partial charge in [0.05, 0.1) is 6.10 Å². The molecule has 2 aromatic rings. The van der Waals surface area contributed by atoms with Crippen LogP contribution in [0.15, 0.2) is 30.3 Å². The number of rotatable bonds is 2. The Hall–Kier alpha value is -1.39. The molecule has 1 aliphatic rings. The molecule has 0 spiro atoms. The van der Waals surface area contributed by atoms with Gasteiger partial charge in [-0.1, -0.05) is 6.92 Å². The van der Waals surface area contributed by atoms with Gasteiger partial charge in [0, 0.05) is 27.8 Å². The Morgan fingerprint density at radius 3 is 2.95 bits per heavy atom. The van der Waals surface area contributed by atoms with Crippen molar-refractivity contribution in [1.82, 2.24) is 0 Å². The van der Waals surface area contributed by atoms with E-state index in [2.05, 4.69) is 13.0 Å². The third kappa shape index (κ3) is 2.38. The Morgan fingerprint density at radius 2 is 2.21 bits per heavy atom. The van der Waals surface area contributed by atoms with E-state index in [1.807, 2.05) is 6.07 Å². The summed E-state index contributed by atoms with van der Waals surface area (Å²) in [7, 11) is 0. The third-order valence-electron chi connectivity index (χ3n) is 3.39. The number of aliphatic hydroxyl groups is 1. The fraction of sp³-hybridized carbons (Fsp3) is 0.333. The van der Waals surface area contributed by atoms with Crippen molar-refractivity contribution in [2.24, 2.45) is 0 Å². The molecule has 3 rings (SSSR count). The summed E-state index contributed by atoms with van der Waals surface area (Å²) in [5, 5.41) is 10.2. The van der Waals surface area contributed by atoms with Crippen LogP contribution in [0.4, 0.5) is 4.39 Å². The van der Waals surface area contributed by atoms with Gasteiger partial charge in [-0.05, 0) is 30.7 Å². The lowest BCUT2D eigenvalue weighted by Crippen LogP contribution is -2.18. The Bertz CT molecular complexity index is 594. The Morgan fingerprint density at radius 1 is 1.37 bits per heavy atom.